The molecule has 88 valence electrons. The van der Waals surface area contributed by atoms with Gasteiger partial charge in [0, 0.05) is 5.69 Å². The van der Waals surface area contributed by atoms with E-state index in [1.807, 2.05) is 30.3 Å². The van der Waals surface area contributed by atoms with Crippen molar-refractivity contribution in [1.29, 1.82) is 5.26 Å². The molecule has 4 heteroatoms. The predicted octanol–water partition coefficient (Wildman–Crippen LogP) is 1.73. The molecule has 0 atom stereocenters. The molecule has 0 saturated carbocycles. The van der Waals surface area contributed by atoms with E-state index >= 15 is 0 Å². The second kappa shape index (κ2) is 4.56. The fraction of sp³-hybridized carbons (Fsp3) is 0.385. The first-order valence-corrected chi connectivity index (χ1v) is 5.59. The van der Waals surface area contributed by atoms with Crippen molar-refractivity contribution in [3.63, 3.8) is 0 Å². The fourth-order valence-corrected chi connectivity index (χ4v) is 1.63. The highest BCUT2D eigenvalue weighted by Crippen LogP contribution is 2.28. The number of nitriles is 1. The van der Waals surface area contributed by atoms with Crippen LogP contribution in [0.25, 0.3) is 0 Å². The lowest BCUT2D eigenvalue weighted by molar-refractivity contribution is -0.144. The van der Waals surface area contributed by atoms with Crippen LogP contribution in [0.2, 0.25) is 0 Å². The summed E-state index contributed by atoms with van der Waals surface area (Å²) in [6.45, 7) is 2.44. The van der Waals surface area contributed by atoms with E-state index in [2.05, 4.69) is 12.2 Å². The number of carbonyl (C=O) groups is 1. The zero-order chi connectivity index (χ0) is 12.3. The van der Waals surface area contributed by atoms with Crippen molar-refractivity contribution in [2.75, 3.05) is 18.5 Å². The molecule has 1 heterocycles. The molecular weight excluding hydrogens is 216 g/mol. The lowest BCUT2D eigenvalue weighted by Gasteiger charge is -2.33. The number of hydrogen-bond acceptors (Lipinski definition) is 3. The van der Waals surface area contributed by atoms with Crippen LogP contribution in [0.15, 0.2) is 24.3 Å². The molecule has 17 heavy (non-hydrogen) atoms. The van der Waals surface area contributed by atoms with Crippen LogP contribution in [-0.2, 0) is 16.0 Å². The van der Waals surface area contributed by atoms with Gasteiger partial charge in [-0.2, -0.15) is 5.26 Å². The Labute approximate surface area is 100 Å². The summed E-state index contributed by atoms with van der Waals surface area (Å²) < 4.78 is 4.94. The van der Waals surface area contributed by atoms with Gasteiger partial charge in [0.1, 0.15) is 0 Å². The molecule has 1 aromatic carbocycles. The summed E-state index contributed by atoms with van der Waals surface area (Å²) in [5.74, 6) is -0.282. The van der Waals surface area contributed by atoms with Gasteiger partial charge in [0.25, 0.3) is 0 Å². The maximum atomic E-state index is 11.9. The number of benzene rings is 1. The molecule has 1 saturated heterocycles. The molecule has 1 aliphatic heterocycles. The number of aryl methyl sites for hydroxylation is 1. The quantitative estimate of drug-likeness (QED) is 0.860. The summed E-state index contributed by atoms with van der Waals surface area (Å²) in [6, 6.07) is 9.65. The van der Waals surface area contributed by atoms with Crippen LogP contribution in [0.3, 0.4) is 0 Å². The molecule has 0 unspecified atom stereocenters. The van der Waals surface area contributed by atoms with Gasteiger partial charge in [0.15, 0.2) is 5.41 Å². The van der Waals surface area contributed by atoms with Gasteiger partial charge < -0.3 is 10.1 Å². The third kappa shape index (κ3) is 2.15. The summed E-state index contributed by atoms with van der Waals surface area (Å²) in [5.41, 5.74) is 0.933. The minimum Gasteiger partial charge on any atom is -0.377 e. The normalized spacial score (nSPS) is 16.7. The highest BCUT2D eigenvalue weighted by Gasteiger charge is 2.46. The van der Waals surface area contributed by atoms with Crippen molar-refractivity contribution < 1.29 is 9.53 Å². The highest BCUT2D eigenvalue weighted by atomic mass is 16.5. The Bertz CT molecular complexity index is 455. The molecule has 1 aliphatic rings. The third-order valence-corrected chi connectivity index (χ3v) is 2.97. The summed E-state index contributed by atoms with van der Waals surface area (Å²) in [7, 11) is 0. The summed E-state index contributed by atoms with van der Waals surface area (Å²) in [4.78, 5) is 11.9. The number of anilines is 1. The molecule has 1 amide bonds. The van der Waals surface area contributed by atoms with Crippen molar-refractivity contribution in [2.45, 2.75) is 13.3 Å². The van der Waals surface area contributed by atoms with Crippen LogP contribution in [0.5, 0.6) is 0 Å². The van der Waals surface area contributed by atoms with Crippen LogP contribution in [0.1, 0.15) is 12.5 Å². The van der Waals surface area contributed by atoms with Gasteiger partial charge in [-0.3, -0.25) is 4.79 Å². The number of ether oxygens (including phenoxy) is 1. The van der Waals surface area contributed by atoms with Gasteiger partial charge in [0.05, 0.1) is 19.3 Å². The van der Waals surface area contributed by atoms with Crippen LogP contribution in [0.4, 0.5) is 5.69 Å². The maximum Gasteiger partial charge on any atom is 0.249 e. The molecule has 0 aromatic heterocycles. The molecule has 0 bridgehead atoms. The van der Waals surface area contributed by atoms with E-state index in [1.54, 1.807) is 0 Å². The topological polar surface area (TPSA) is 62.1 Å². The monoisotopic (exact) mass is 230 g/mol. The van der Waals surface area contributed by atoms with E-state index in [4.69, 9.17) is 10.00 Å². The molecule has 0 aliphatic carbocycles. The number of rotatable bonds is 3. The average molecular weight is 230 g/mol. The van der Waals surface area contributed by atoms with Gasteiger partial charge >= 0.3 is 0 Å². The molecule has 0 radical (unpaired) electrons. The molecular formula is C13H14N2O2. The maximum absolute atomic E-state index is 11.9. The Morgan fingerprint density at radius 1 is 1.47 bits per heavy atom. The second-order valence-electron chi connectivity index (χ2n) is 4.19. The smallest absolute Gasteiger partial charge is 0.249 e. The Balaban J connectivity index is 2.05. The van der Waals surface area contributed by atoms with Gasteiger partial charge in [-0.05, 0) is 24.1 Å². The average Bonchev–Trinajstić information content (AvgIpc) is 2.29. The first-order valence-electron chi connectivity index (χ1n) is 5.59. The standard InChI is InChI=1S/C13H14N2O2/c1-2-10-3-5-11(6-4-10)15-12(16)13(7-14)8-17-9-13/h3-6H,2,8-9H2,1H3,(H,15,16). The van der Waals surface area contributed by atoms with Crippen molar-refractivity contribution in [1.82, 2.24) is 0 Å². The zero-order valence-corrected chi connectivity index (χ0v) is 9.69. The second-order valence-corrected chi connectivity index (χ2v) is 4.19. The SMILES string of the molecule is CCc1ccc(NC(=O)C2(C#N)COC2)cc1. The largest absolute Gasteiger partial charge is 0.377 e. The first-order chi connectivity index (χ1) is 8.20. The van der Waals surface area contributed by atoms with Gasteiger partial charge in [-0.15, -0.1) is 0 Å². The van der Waals surface area contributed by atoms with E-state index < -0.39 is 5.41 Å². The number of carbonyl (C=O) groups excluding carboxylic acids is 1. The van der Waals surface area contributed by atoms with Crippen molar-refractivity contribution in [3.8, 4) is 6.07 Å². The van der Waals surface area contributed by atoms with Crippen molar-refractivity contribution in [2.24, 2.45) is 5.41 Å². The highest BCUT2D eigenvalue weighted by molar-refractivity contribution is 5.98. The molecule has 0 spiro atoms. The minimum absolute atomic E-state index is 0.183. The number of amides is 1. The van der Waals surface area contributed by atoms with Crippen LogP contribution < -0.4 is 5.32 Å². The Morgan fingerprint density at radius 2 is 2.12 bits per heavy atom. The van der Waals surface area contributed by atoms with Crippen LogP contribution in [-0.4, -0.2) is 19.1 Å². The molecule has 1 fully saturated rings. The van der Waals surface area contributed by atoms with E-state index in [0.29, 0.717) is 5.69 Å². The third-order valence-electron chi connectivity index (χ3n) is 2.97. The Morgan fingerprint density at radius 3 is 2.53 bits per heavy atom. The summed E-state index contributed by atoms with van der Waals surface area (Å²) >= 11 is 0. The van der Waals surface area contributed by atoms with Gasteiger partial charge in [-0.1, -0.05) is 19.1 Å². The van der Waals surface area contributed by atoms with Crippen molar-refractivity contribution >= 4 is 11.6 Å². The molecule has 1 N–H and O–H groups in total. The fourth-order valence-electron chi connectivity index (χ4n) is 1.63. The van der Waals surface area contributed by atoms with Gasteiger partial charge in [-0.25, -0.2) is 0 Å². The molecule has 4 nitrogen and oxygen atoms in total. The predicted molar refractivity (Wildman–Crippen MR) is 63.3 cm³/mol. The van der Waals surface area contributed by atoms with E-state index in [9.17, 15) is 4.79 Å². The van der Waals surface area contributed by atoms with E-state index in [1.165, 1.54) is 5.56 Å². The Kier molecular flexibility index (Phi) is 3.12. The zero-order valence-electron chi connectivity index (χ0n) is 9.69. The number of nitrogens with one attached hydrogen (secondary N) is 1. The van der Waals surface area contributed by atoms with Crippen LogP contribution >= 0.6 is 0 Å². The van der Waals surface area contributed by atoms with Gasteiger partial charge in [0.2, 0.25) is 5.91 Å². The van der Waals surface area contributed by atoms with E-state index in [0.717, 1.165) is 6.42 Å². The number of nitrogens with zero attached hydrogens (tertiary/aromatic N) is 1. The molecule has 2 rings (SSSR count). The lowest BCUT2D eigenvalue weighted by Crippen LogP contribution is -2.50. The Hall–Kier alpha value is -1.86. The summed E-state index contributed by atoms with van der Waals surface area (Å²) in [6.07, 6.45) is 0.962. The number of hydrogen-bond donors (Lipinski definition) is 1. The lowest BCUT2D eigenvalue weighted by atomic mass is 9.87. The van der Waals surface area contributed by atoms with Crippen LogP contribution in [0, 0.1) is 16.7 Å². The van der Waals surface area contributed by atoms with Crippen molar-refractivity contribution in [3.05, 3.63) is 29.8 Å². The van der Waals surface area contributed by atoms with E-state index in [-0.39, 0.29) is 19.1 Å². The summed E-state index contributed by atoms with van der Waals surface area (Å²) in [5, 5.41) is 11.7. The minimum atomic E-state index is -0.997. The first kappa shape index (κ1) is 11.6. The molecule has 1 aromatic rings.